The molecule has 160 valence electrons. The van der Waals surface area contributed by atoms with Crippen LogP contribution in [-0.2, 0) is 10.2 Å². The molecule has 0 radical (unpaired) electrons. The zero-order valence-electron chi connectivity index (χ0n) is 18.7. The molecule has 1 amide bonds. The quantitative estimate of drug-likeness (QED) is 0.410. The molecule has 0 heterocycles. The van der Waals surface area contributed by atoms with Crippen molar-refractivity contribution in [3.63, 3.8) is 0 Å². The van der Waals surface area contributed by atoms with Crippen LogP contribution in [0.2, 0.25) is 0 Å². The Morgan fingerprint density at radius 1 is 1.10 bits per heavy atom. The van der Waals surface area contributed by atoms with Crippen molar-refractivity contribution < 1.29 is 9.53 Å². The highest BCUT2D eigenvalue weighted by atomic mass is 16.5. The summed E-state index contributed by atoms with van der Waals surface area (Å²) in [6.07, 6.45) is 2.56. The van der Waals surface area contributed by atoms with Gasteiger partial charge in [0, 0.05) is 11.5 Å². The van der Waals surface area contributed by atoms with Gasteiger partial charge in [0.25, 0.3) is 0 Å². The molecule has 1 aliphatic rings. The Morgan fingerprint density at radius 3 is 2.55 bits per heavy atom. The molecule has 4 rings (SSSR count). The normalized spacial score (nSPS) is 18.3. The van der Waals surface area contributed by atoms with E-state index in [-0.39, 0.29) is 23.2 Å². The number of ether oxygens (including phenoxy) is 1. The molecule has 0 aliphatic heterocycles. The molecule has 3 aromatic rings. The van der Waals surface area contributed by atoms with Gasteiger partial charge in [-0.2, -0.15) is 5.10 Å². The van der Waals surface area contributed by atoms with Crippen molar-refractivity contribution in [1.29, 1.82) is 0 Å². The highest BCUT2D eigenvalue weighted by molar-refractivity contribution is 6.02. The summed E-state index contributed by atoms with van der Waals surface area (Å²) in [6.45, 7) is 9.16. The minimum absolute atomic E-state index is 0.0171. The van der Waals surface area contributed by atoms with Crippen LogP contribution in [0, 0.1) is 5.92 Å². The molecule has 0 bridgehead atoms. The summed E-state index contributed by atoms with van der Waals surface area (Å²) in [4.78, 5) is 12.6. The van der Waals surface area contributed by atoms with E-state index < -0.39 is 0 Å². The van der Waals surface area contributed by atoms with Crippen molar-refractivity contribution in [2.24, 2.45) is 11.0 Å². The summed E-state index contributed by atoms with van der Waals surface area (Å²) >= 11 is 0. The zero-order valence-corrected chi connectivity index (χ0v) is 18.7. The van der Waals surface area contributed by atoms with E-state index in [1.807, 2.05) is 37.3 Å². The van der Waals surface area contributed by atoms with Gasteiger partial charge in [-0.25, -0.2) is 5.43 Å². The Labute approximate surface area is 184 Å². The fraction of sp³-hybridized carbons (Fsp3) is 0.333. The van der Waals surface area contributed by atoms with Gasteiger partial charge in [0.05, 0.1) is 12.8 Å². The lowest BCUT2D eigenvalue weighted by atomic mass is 9.86. The maximum atomic E-state index is 12.6. The summed E-state index contributed by atoms with van der Waals surface area (Å²) in [5.74, 6) is 0.999. The molecule has 3 aromatic carbocycles. The summed E-state index contributed by atoms with van der Waals surface area (Å²) in [5, 5.41) is 6.43. The minimum Gasteiger partial charge on any atom is -0.493 e. The van der Waals surface area contributed by atoms with Crippen molar-refractivity contribution in [3.8, 4) is 5.75 Å². The van der Waals surface area contributed by atoms with Crippen LogP contribution in [0.3, 0.4) is 0 Å². The maximum absolute atomic E-state index is 12.6. The first-order valence-corrected chi connectivity index (χ1v) is 11.0. The number of fused-ring (bicyclic) bond motifs is 1. The molecule has 1 saturated carbocycles. The highest BCUT2D eigenvalue weighted by Crippen LogP contribution is 2.47. The van der Waals surface area contributed by atoms with Gasteiger partial charge in [-0.05, 0) is 52.6 Å². The average Bonchev–Trinajstić information content (AvgIpc) is 3.56. The van der Waals surface area contributed by atoms with Gasteiger partial charge < -0.3 is 4.74 Å². The second-order valence-corrected chi connectivity index (χ2v) is 9.19. The molecule has 1 fully saturated rings. The van der Waals surface area contributed by atoms with Crippen LogP contribution >= 0.6 is 0 Å². The molecular weight excluding hydrogens is 384 g/mol. The summed E-state index contributed by atoms with van der Waals surface area (Å²) in [7, 11) is 0. The number of amides is 1. The van der Waals surface area contributed by atoms with E-state index in [1.165, 1.54) is 11.1 Å². The molecule has 2 atom stereocenters. The third-order valence-corrected chi connectivity index (χ3v) is 5.93. The number of rotatable bonds is 6. The standard InChI is InChI=1S/C27H30N2O2/c1-5-31-25-15-12-18-8-6-7-9-21(18)24(25)17-28-29-26(30)23-16-22(23)19-10-13-20(14-11-19)27(2,3)4/h6-15,17,22-23H,5,16H2,1-4H3,(H,29,30)/t22-,23+/m1/s1. The lowest BCUT2D eigenvalue weighted by molar-refractivity contribution is -0.122. The number of carbonyl (C=O) groups is 1. The predicted octanol–water partition coefficient (Wildman–Crippen LogP) is 5.79. The molecule has 1 aliphatic carbocycles. The van der Waals surface area contributed by atoms with Crippen molar-refractivity contribution in [1.82, 2.24) is 5.43 Å². The largest absolute Gasteiger partial charge is 0.493 e. The topological polar surface area (TPSA) is 50.7 Å². The fourth-order valence-corrected chi connectivity index (χ4v) is 4.02. The van der Waals surface area contributed by atoms with Gasteiger partial charge in [0.2, 0.25) is 5.91 Å². The van der Waals surface area contributed by atoms with Crippen LogP contribution in [0.25, 0.3) is 10.8 Å². The number of hydrogen-bond acceptors (Lipinski definition) is 3. The summed E-state index contributed by atoms with van der Waals surface area (Å²) < 4.78 is 5.77. The average molecular weight is 415 g/mol. The second-order valence-electron chi connectivity index (χ2n) is 9.19. The number of hydrogen-bond donors (Lipinski definition) is 1. The van der Waals surface area contributed by atoms with E-state index in [9.17, 15) is 4.79 Å². The molecule has 1 N–H and O–H groups in total. The number of hydrazone groups is 1. The Morgan fingerprint density at radius 2 is 1.84 bits per heavy atom. The third-order valence-electron chi connectivity index (χ3n) is 5.93. The first-order valence-electron chi connectivity index (χ1n) is 11.0. The lowest BCUT2D eigenvalue weighted by Crippen LogP contribution is -2.20. The molecule has 31 heavy (non-hydrogen) atoms. The molecule has 0 aromatic heterocycles. The second kappa shape index (κ2) is 8.54. The van der Waals surface area contributed by atoms with E-state index >= 15 is 0 Å². The molecule has 0 saturated heterocycles. The zero-order chi connectivity index (χ0) is 22.0. The predicted molar refractivity (Wildman–Crippen MR) is 127 cm³/mol. The number of benzene rings is 3. The van der Waals surface area contributed by atoms with E-state index in [0.29, 0.717) is 6.61 Å². The monoisotopic (exact) mass is 414 g/mol. The molecule has 4 nitrogen and oxygen atoms in total. The summed E-state index contributed by atoms with van der Waals surface area (Å²) in [5.41, 5.74) is 6.29. The van der Waals surface area contributed by atoms with Crippen LogP contribution in [0.15, 0.2) is 65.8 Å². The van der Waals surface area contributed by atoms with E-state index in [2.05, 4.69) is 61.6 Å². The minimum atomic E-state index is -0.0284. The third kappa shape index (κ3) is 4.63. The molecular formula is C27H30N2O2. The molecule has 4 heteroatoms. The van der Waals surface area contributed by atoms with Crippen molar-refractivity contribution in [2.75, 3.05) is 6.61 Å². The van der Waals surface area contributed by atoms with Crippen molar-refractivity contribution >= 4 is 22.9 Å². The Hall–Kier alpha value is -3.14. The Balaban J connectivity index is 1.44. The van der Waals surface area contributed by atoms with Crippen LogP contribution in [0.4, 0.5) is 0 Å². The van der Waals surface area contributed by atoms with Gasteiger partial charge in [0.15, 0.2) is 0 Å². The van der Waals surface area contributed by atoms with Gasteiger partial charge >= 0.3 is 0 Å². The van der Waals surface area contributed by atoms with Crippen molar-refractivity contribution in [2.45, 2.75) is 45.4 Å². The number of carbonyl (C=O) groups excluding carboxylic acids is 1. The molecule has 0 spiro atoms. The summed E-state index contributed by atoms with van der Waals surface area (Å²) in [6, 6.07) is 20.8. The van der Waals surface area contributed by atoms with Gasteiger partial charge in [-0.1, -0.05) is 75.4 Å². The lowest BCUT2D eigenvalue weighted by Gasteiger charge is -2.19. The van der Waals surface area contributed by atoms with E-state index in [4.69, 9.17) is 4.74 Å². The fourth-order valence-electron chi connectivity index (χ4n) is 4.02. The van der Waals surface area contributed by atoms with Gasteiger partial charge in [0.1, 0.15) is 5.75 Å². The van der Waals surface area contributed by atoms with Gasteiger partial charge in [-0.3, -0.25) is 4.79 Å². The van der Waals surface area contributed by atoms with Crippen molar-refractivity contribution in [3.05, 3.63) is 77.4 Å². The van der Waals surface area contributed by atoms with Gasteiger partial charge in [-0.15, -0.1) is 0 Å². The number of nitrogens with zero attached hydrogens (tertiary/aromatic N) is 1. The maximum Gasteiger partial charge on any atom is 0.243 e. The van der Waals surface area contributed by atoms with Crippen LogP contribution in [0.1, 0.15) is 56.7 Å². The highest BCUT2D eigenvalue weighted by Gasteiger charge is 2.44. The first-order chi connectivity index (χ1) is 14.9. The Kier molecular flexibility index (Phi) is 5.81. The Bertz CT molecular complexity index is 1110. The van der Waals surface area contributed by atoms with E-state index in [1.54, 1.807) is 6.21 Å². The van der Waals surface area contributed by atoms with Crippen LogP contribution < -0.4 is 10.2 Å². The van der Waals surface area contributed by atoms with Crippen LogP contribution in [-0.4, -0.2) is 18.7 Å². The van der Waals surface area contributed by atoms with Crippen LogP contribution in [0.5, 0.6) is 5.75 Å². The smallest absolute Gasteiger partial charge is 0.243 e. The molecule has 0 unspecified atom stereocenters. The number of nitrogens with one attached hydrogen (secondary N) is 1. The SMILES string of the molecule is CCOc1ccc2ccccc2c1C=NNC(=O)[C@H]1C[C@@H]1c1ccc(C(C)(C)C)cc1. The van der Waals surface area contributed by atoms with E-state index in [0.717, 1.165) is 28.5 Å². The first kappa shape index (κ1) is 21.1.